The van der Waals surface area contributed by atoms with Crippen LogP contribution in [0.4, 0.5) is 0 Å². The fraction of sp³-hybridized carbons (Fsp3) is 0.387. The highest BCUT2D eigenvalue weighted by Gasteiger charge is 2.40. The number of carbonyl (C=O) groups is 3. The van der Waals surface area contributed by atoms with Crippen LogP contribution in [-0.2, 0) is 20.8 Å². The molecule has 1 heterocycles. The summed E-state index contributed by atoms with van der Waals surface area (Å²) in [6.07, 6.45) is -1.27. The molecule has 4 N–H and O–H groups in total. The largest absolute Gasteiger partial charge is 0.492 e. The molecule has 1 atom stereocenters. The van der Waals surface area contributed by atoms with Crippen LogP contribution < -0.4 is 4.74 Å². The van der Waals surface area contributed by atoms with E-state index in [4.69, 9.17) is 25.2 Å². The molecule has 1 unspecified atom stereocenters. The summed E-state index contributed by atoms with van der Waals surface area (Å²) < 4.78 is 5.96. The van der Waals surface area contributed by atoms with Crippen molar-refractivity contribution in [2.45, 2.75) is 51.6 Å². The van der Waals surface area contributed by atoms with E-state index in [9.17, 15) is 14.4 Å². The molecule has 0 amide bonds. The molecule has 222 valence electrons. The zero-order chi connectivity index (χ0) is 30.4. The maximum absolute atomic E-state index is 10.3. The van der Waals surface area contributed by atoms with Crippen LogP contribution in [0.15, 0.2) is 66.0 Å². The van der Waals surface area contributed by atoms with E-state index in [0.717, 1.165) is 38.4 Å². The maximum atomic E-state index is 10.3. The van der Waals surface area contributed by atoms with E-state index in [1.54, 1.807) is 0 Å². The lowest BCUT2D eigenvalue weighted by atomic mass is 9.90. The number of benzene rings is 2. The average Bonchev–Trinajstić information content (AvgIpc) is 3.45. The lowest BCUT2D eigenvalue weighted by Crippen LogP contribution is -2.42. The number of hydrogen-bond acceptors (Lipinski definition) is 7. The molecule has 10 heteroatoms. The predicted molar refractivity (Wildman–Crippen MR) is 158 cm³/mol. The summed E-state index contributed by atoms with van der Waals surface area (Å²) in [6.45, 7) is 10.4. The Bertz CT molecular complexity index is 1210. The fourth-order valence-electron chi connectivity index (χ4n) is 4.17. The summed E-state index contributed by atoms with van der Waals surface area (Å²) in [7, 11) is 0. The number of carboxylic acid groups (broad SMARTS) is 3. The second-order valence-electron chi connectivity index (χ2n) is 9.68. The summed E-state index contributed by atoms with van der Waals surface area (Å²) in [4.78, 5) is 34.3. The minimum absolute atomic E-state index is 0.382. The molecule has 0 aliphatic carbocycles. The Morgan fingerprint density at radius 2 is 1.49 bits per heavy atom. The Hall–Kier alpha value is -3.73. The number of aliphatic carboxylic acids is 3. The predicted octanol–water partition coefficient (Wildman–Crippen LogP) is 4.90. The summed E-state index contributed by atoms with van der Waals surface area (Å²) in [5.41, 5.74) is 1.29. The Morgan fingerprint density at radius 1 is 0.902 bits per heavy atom. The second-order valence-corrected chi connectivity index (χ2v) is 10.7. The topological polar surface area (TPSA) is 145 Å². The molecule has 0 aliphatic heterocycles. The summed E-state index contributed by atoms with van der Waals surface area (Å²) in [5, 5.41) is 36.0. The van der Waals surface area contributed by atoms with Crippen molar-refractivity contribution in [1.29, 1.82) is 0 Å². The number of aryl methyl sites for hydroxylation is 1. The van der Waals surface area contributed by atoms with Gasteiger partial charge in [-0.15, -0.1) is 11.3 Å². The van der Waals surface area contributed by atoms with E-state index in [-0.39, 0.29) is 0 Å². The molecule has 3 rings (SSSR count). The molecule has 3 aromatic rings. The van der Waals surface area contributed by atoms with Gasteiger partial charge in [0.15, 0.2) is 5.60 Å². The monoisotopic (exact) mass is 585 g/mol. The first-order valence-electron chi connectivity index (χ1n) is 13.4. The zero-order valence-electron chi connectivity index (χ0n) is 23.7. The van der Waals surface area contributed by atoms with Crippen LogP contribution in [0.3, 0.4) is 0 Å². The van der Waals surface area contributed by atoms with Gasteiger partial charge in [-0.05, 0) is 61.1 Å². The van der Waals surface area contributed by atoms with Gasteiger partial charge >= 0.3 is 17.9 Å². The SMILES string of the molecule is CCN(CC)CCOc1ccc(C(Cc2ccc(C)cc2)c2cccs2)cc1.O=C(O)CC(O)(CC(=O)O)C(=O)O. The third kappa shape index (κ3) is 11.3. The highest BCUT2D eigenvalue weighted by atomic mass is 32.1. The smallest absolute Gasteiger partial charge is 0.336 e. The van der Waals surface area contributed by atoms with Gasteiger partial charge < -0.3 is 30.1 Å². The normalized spacial score (nSPS) is 11.8. The quantitative estimate of drug-likeness (QED) is 0.196. The molecular formula is C31H39NO8S. The zero-order valence-corrected chi connectivity index (χ0v) is 24.5. The Kier molecular flexibility index (Phi) is 13.5. The highest BCUT2D eigenvalue weighted by molar-refractivity contribution is 7.10. The minimum atomic E-state index is -2.74. The van der Waals surface area contributed by atoms with Gasteiger partial charge in [0.25, 0.3) is 0 Å². The number of likely N-dealkylation sites (N-methyl/N-ethyl adjacent to an activating group) is 1. The van der Waals surface area contributed by atoms with Crippen LogP contribution >= 0.6 is 11.3 Å². The van der Waals surface area contributed by atoms with Crippen molar-refractivity contribution in [3.05, 3.63) is 87.6 Å². The maximum Gasteiger partial charge on any atom is 0.336 e. The third-order valence-electron chi connectivity index (χ3n) is 6.59. The van der Waals surface area contributed by atoms with Crippen molar-refractivity contribution in [1.82, 2.24) is 4.90 Å². The van der Waals surface area contributed by atoms with Crippen molar-refractivity contribution in [3.63, 3.8) is 0 Å². The van der Waals surface area contributed by atoms with Crippen LogP contribution in [0.1, 0.15) is 54.2 Å². The van der Waals surface area contributed by atoms with E-state index >= 15 is 0 Å². The molecule has 0 saturated carbocycles. The van der Waals surface area contributed by atoms with Gasteiger partial charge in [0, 0.05) is 17.3 Å². The number of aliphatic hydroxyl groups is 1. The lowest BCUT2D eigenvalue weighted by molar-refractivity contribution is -0.170. The van der Waals surface area contributed by atoms with Gasteiger partial charge in [0.2, 0.25) is 0 Å². The summed E-state index contributed by atoms with van der Waals surface area (Å²) >= 11 is 1.84. The van der Waals surface area contributed by atoms with Crippen molar-refractivity contribution in [3.8, 4) is 5.75 Å². The number of rotatable bonds is 15. The molecule has 1 aromatic heterocycles. The standard InChI is InChI=1S/C25H31NOS.C6H8O7/c1-4-26(5-2)16-17-27-23-14-12-22(13-15-23)24(25-7-6-18-28-25)19-21-10-8-20(3)9-11-21;7-3(8)1-6(13,5(11)12)2-4(9)10/h6-15,18,24H,4-5,16-17,19H2,1-3H3;13H,1-2H2,(H,7,8)(H,9,10)(H,11,12). The summed E-state index contributed by atoms with van der Waals surface area (Å²) in [6, 6.07) is 22.0. The van der Waals surface area contributed by atoms with Crippen LogP contribution in [0.5, 0.6) is 5.75 Å². The number of thiophene rings is 1. The number of ether oxygens (including phenoxy) is 1. The molecule has 9 nitrogen and oxygen atoms in total. The Balaban J connectivity index is 0.000000383. The van der Waals surface area contributed by atoms with Crippen LogP contribution in [0, 0.1) is 6.92 Å². The molecular weight excluding hydrogens is 546 g/mol. The van der Waals surface area contributed by atoms with Crippen molar-refractivity contribution >= 4 is 29.2 Å². The fourth-order valence-corrected chi connectivity index (χ4v) is 5.03. The molecule has 0 radical (unpaired) electrons. The van der Waals surface area contributed by atoms with Crippen molar-refractivity contribution < 1.29 is 39.5 Å². The first kappa shape index (κ1) is 33.5. The molecule has 0 saturated heterocycles. The highest BCUT2D eigenvalue weighted by Crippen LogP contribution is 2.32. The first-order valence-corrected chi connectivity index (χ1v) is 14.3. The van der Waals surface area contributed by atoms with Gasteiger partial charge in [0.1, 0.15) is 12.4 Å². The minimum Gasteiger partial charge on any atom is -0.492 e. The third-order valence-corrected chi connectivity index (χ3v) is 7.57. The molecule has 0 spiro atoms. The van der Waals surface area contributed by atoms with E-state index < -0.39 is 36.4 Å². The van der Waals surface area contributed by atoms with Crippen LogP contribution in [-0.4, -0.2) is 75.1 Å². The van der Waals surface area contributed by atoms with E-state index in [1.807, 2.05) is 11.3 Å². The molecule has 0 bridgehead atoms. The van der Waals surface area contributed by atoms with E-state index in [2.05, 4.69) is 91.7 Å². The van der Waals surface area contributed by atoms with Gasteiger partial charge in [-0.25, -0.2) is 4.79 Å². The van der Waals surface area contributed by atoms with Gasteiger partial charge in [0.05, 0.1) is 12.8 Å². The van der Waals surface area contributed by atoms with Crippen LogP contribution in [0.2, 0.25) is 0 Å². The van der Waals surface area contributed by atoms with Gasteiger partial charge in [-0.1, -0.05) is 61.9 Å². The van der Waals surface area contributed by atoms with Gasteiger partial charge in [-0.2, -0.15) is 0 Å². The van der Waals surface area contributed by atoms with Crippen LogP contribution in [0.25, 0.3) is 0 Å². The first-order chi connectivity index (χ1) is 19.5. The van der Waals surface area contributed by atoms with E-state index in [1.165, 1.54) is 21.6 Å². The number of carboxylic acids is 3. The molecule has 0 aliphatic rings. The Morgan fingerprint density at radius 3 is 1.95 bits per heavy atom. The van der Waals surface area contributed by atoms with Gasteiger partial charge in [-0.3, -0.25) is 9.59 Å². The number of nitrogens with zero attached hydrogens (tertiary/aromatic N) is 1. The lowest BCUT2D eigenvalue weighted by Gasteiger charge is -2.19. The molecule has 41 heavy (non-hydrogen) atoms. The number of hydrogen-bond donors (Lipinski definition) is 4. The Labute approximate surface area is 244 Å². The second kappa shape index (κ2) is 16.5. The van der Waals surface area contributed by atoms with Crippen molar-refractivity contribution in [2.75, 3.05) is 26.2 Å². The van der Waals surface area contributed by atoms with Crippen molar-refractivity contribution in [2.24, 2.45) is 0 Å². The molecule has 2 aromatic carbocycles. The average molecular weight is 586 g/mol. The summed E-state index contributed by atoms with van der Waals surface area (Å²) in [5.74, 6) is -3.68. The van der Waals surface area contributed by atoms with E-state index in [0.29, 0.717) is 5.92 Å². The molecule has 0 fully saturated rings.